The summed E-state index contributed by atoms with van der Waals surface area (Å²) >= 11 is 0. The summed E-state index contributed by atoms with van der Waals surface area (Å²) in [4.78, 5) is 12.8. The van der Waals surface area contributed by atoms with E-state index in [2.05, 4.69) is 0 Å². The Hall–Kier alpha value is -0.570. The van der Waals surface area contributed by atoms with Crippen LogP contribution < -0.4 is 5.73 Å². The molecule has 1 unspecified atom stereocenters. The van der Waals surface area contributed by atoms with Crippen LogP contribution in [0.5, 0.6) is 0 Å². The van der Waals surface area contributed by atoms with Gasteiger partial charge in [-0.1, -0.05) is 0 Å². The molecule has 1 fully saturated rings. The van der Waals surface area contributed by atoms with Crippen molar-refractivity contribution in [3.8, 4) is 0 Å². The van der Waals surface area contributed by atoms with Crippen molar-refractivity contribution in [3.63, 3.8) is 0 Å². The molecule has 0 bridgehead atoms. The van der Waals surface area contributed by atoms with Crippen LogP contribution in [0.25, 0.3) is 0 Å². The molecule has 1 aliphatic rings. The smallest absolute Gasteiger partial charge is 0.222 e. The zero-order valence-electron chi connectivity index (χ0n) is 6.34. The Morgan fingerprint density at radius 3 is 2.90 bits per heavy atom. The highest BCUT2D eigenvalue weighted by Crippen LogP contribution is 2.18. The minimum atomic E-state index is 0.262. The van der Waals surface area contributed by atoms with Gasteiger partial charge in [-0.25, -0.2) is 0 Å². The van der Waals surface area contributed by atoms with Crippen molar-refractivity contribution < 1.29 is 4.79 Å². The minimum Gasteiger partial charge on any atom is -0.343 e. The molecule has 0 aromatic rings. The van der Waals surface area contributed by atoms with Crippen molar-refractivity contribution in [1.82, 2.24) is 4.90 Å². The highest BCUT2D eigenvalue weighted by Gasteiger charge is 2.26. The highest BCUT2D eigenvalue weighted by atomic mass is 16.2. The van der Waals surface area contributed by atoms with Crippen molar-refractivity contribution in [3.05, 3.63) is 0 Å². The third kappa shape index (κ3) is 1.29. The van der Waals surface area contributed by atoms with E-state index >= 15 is 0 Å². The molecule has 2 N–H and O–H groups in total. The van der Waals surface area contributed by atoms with Crippen LogP contribution in [0.15, 0.2) is 0 Å². The number of carbonyl (C=O) groups is 1. The van der Waals surface area contributed by atoms with E-state index in [0.29, 0.717) is 19.0 Å². The SMILES string of the molecule is CN1C(=O)CCC1CCN. The molecular formula is C7H14N2O. The number of hydrogen-bond donors (Lipinski definition) is 1. The molecule has 0 radical (unpaired) electrons. The Morgan fingerprint density at radius 1 is 1.80 bits per heavy atom. The molecule has 1 atom stereocenters. The van der Waals surface area contributed by atoms with Gasteiger partial charge in [0.05, 0.1) is 0 Å². The summed E-state index contributed by atoms with van der Waals surface area (Å²) in [5.41, 5.74) is 5.38. The lowest BCUT2D eigenvalue weighted by molar-refractivity contribution is -0.127. The topological polar surface area (TPSA) is 46.3 Å². The van der Waals surface area contributed by atoms with E-state index in [1.807, 2.05) is 11.9 Å². The van der Waals surface area contributed by atoms with Crippen LogP contribution in [0, 0.1) is 0 Å². The maximum atomic E-state index is 10.9. The van der Waals surface area contributed by atoms with E-state index < -0.39 is 0 Å². The number of nitrogens with zero attached hydrogens (tertiary/aromatic N) is 1. The lowest BCUT2D eigenvalue weighted by atomic mass is 10.1. The first-order valence-electron chi connectivity index (χ1n) is 3.71. The van der Waals surface area contributed by atoms with Gasteiger partial charge in [0.1, 0.15) is 0 Å². The molecule has 0 aromatic carbocycles. The molecule has 1 amide bonds. The second-order valence-corrected chi connectivity index (χ2v) is 2.77. The number of hydrogen-bond acceptors (Lipinski definition) is 2. The summed E-state index contributed by atoms with van der Waals surface area (Å²) in [6, 6.07) is 0.414. The molecule has 3 nitrogen and oxygen atoms in total. The first-order chi connectivity index (χ1) is 4.75. The lowest BCUT2D eigenvalue weighted by Crippen LogP contribution is -2.30. The van der Waals surface area contributed by atoms with Crippen molar-refractivity contribution in [2.24, 2.45) is 5.73 Å². The number of rotatable bonds is 2. The Bertz CT molecular complexity index is 136. The van der Waals surface area contributed by atoms with Gasteiger partial charge in [-0.15, -0.1) is 0 Å². The molecule has 0 aromatic heterocycles. The molecule has 58 valence electrons. The van der Waals surface area contributed by atoms with Crippen LogP contribution in [0.1, 0.15) is 19.3 Å². The number of amides is 1. The molecule has 10 heavy (non-hydrogen) atoms. The number of likely N-dealkylation sites (tertiary alicyclic amines) is 1. The van der Waals surface area contributed by atoms with E-state index in [9.17, 15) is 4.79 Å². The number of nitrogens with two attached hydrogens (primary N) is 1. The normalized spacial score (nSPS) is 26.0. The predicted octanol–water partition coefficient (Wildman–Crippen LogP) is -0.0440. The van der Waals surface area contributed by atoms with Gasteiger partial charge in [-0.05, 0) is 19.4 Å². The van der Waals surface area contributed by atoms with E-state index in [0.717, 1.165) is 12.8 Å². The Kier molecular flexibility index (Phi) is 2.27. The monoisotopic (exact) mass is 142 g/mol. The van der Waals surface area contributed by atoms with Crippen molar-refractivity contribution in [2.75, 3.05) is 13.6 Å². The largest absolute Gasteiger partial charge is 0.343 e. The zero-order valence-corrected chi connectivity index (χ0v) is 6.34. The standard InChI is InChI=1S/C7H14N2O/c1-9-6(4-5-8)2-3-7(9)10/h6H,2-5,8H2,1H3. The Balaban J connectivity index is 2.41. The first-order valence-corrected chi connectivity index (χ1v) is 3.71. The molecule has 1 saturated heterocycles. The molecule has 1 heterocycles. The molecule has 1 aliphatic heterocycles. The summed E-state index contributed by atoms with van der Waals surface area (Å²) in [5.74, 6) is 0.262. The van der Waals surface area contributed by atoms with Crippen LogP contribution in [-0.2, 0) is 4.79 Å². The quantitative estimate of drug-likeness (QED) is 0.588. The molecule has 0 aliphatic carbocycles. The van der Waals surface area contributed by atoms with Gasteiger partial charge in [0.2, 0.25) is 5.91 Å². The molecule has 0 spiro atoms. The van der Waals surface area contributed by atoms with Crippen molar-refractivity contribution in [1.29, 1.82) is 0 Å². The van der Waals surface area contributed by atoms with Gasteiger partial charge in [0.25, 0.3) is 0 Å². The zero-order chi connectivity index (χ0) is 7.56. The summed E-state index contributed by atoms with van der Waals surface area (Å²) in [6.45, 7) is 0.683. The average molecular weight is 142 g/mol. The van der Waals surface area contributed by atoms with Crippen LogP contribution in [0.4, 0.5) is 0 Å². The maximum Gasteiger partial charge on any atom is 0.222 e. The van der Waals surface area contributed by atoms with E-state index in [-0.39, 0.29) is 5.91 Å². The Morgan fingerprint density at radius 2 is 2.50 bits per heavy atom. The molecular weight excluding hydrogens is 128 g/mol. The van der Waals surface area contributed by atoms with Crippen LogP contribution >= 0.6 is 0 Å². The van der Waals surface area contributed by atoms with E-state index in [1.54, 1.807) is 0 Å². The summed E-state index contributed by atoms with van der Waals surface area (Å²) in [6.07, 6.45) is 2.65. The third-order valence-electron chi connectivity index (χ3n) is 2.13. The van der Waals surface area contributed by atoms with Crippen LogP contribution in [0.2, 0.25) is 0 Å². The average Bonchev–Trinajstić information content (AvgIpc) is 2.20. The van der Waals surface area contributed by atoms with Gasteiger partial charge in [0, 0.05) is 19.5 Å². The number of carbonyl (C=O) groups excluding carboxylic acids is 1. The van der Waals surface area contributed by atoms with Gasteiger partial charge < -0.3 is 10.6 Å². The van der Waals surface area contributed by atoms with Gasteiger partial charge in [-0.2, -0.15) is 0 Å². The Labute approximate surface area is 61.2 Å². The van der Waals surface area contributed by atoms with E-state index in [4.69, 9.17) is 5.73 Å². The first kappa shape index (κ1) is 7.54. The summed E-state index contributed by atoms with van der Waals surface area (Å²) in [5, 5.41) is 0. The van der Waals surface area contributed by atoms with Gasteiger partial charge in [-0.3, -0.25) is 4.79 Å². The van der Waals surface area contributed by atoms with Gasteiger partial charge in [0.15, 0.2) is 0 Å². The summed E-state index contributed by atoms with van der Waals surface area (Å²) in [7, 11) is 1.86. The van der Waals surface area contributed by atoms with Crippen molar-refractivity contribution >= 4 is 5.91 Å². The molecule has 1 rings (SSSR count). The maximum absolute atomic E-state index is 10.9. The van der Waals surface area contributed by atoms with Crippen molar-refractivity contribution in [2.45, 2.75) is 25.3 Å². The van der Waals surface area contributed by atoms with Crippen LogP contribution in [0.3, 0.4) is 0 Å². The fourth-order valence-electron chi connectivity index (χ4n) is 1.39. The predicted molar refractivity (Wildman–Crippen MR) is 39.5 cm³/mol. The molecule has 3 heteroatoms. The highest BCUT2D eigenvalue weighted by molar-refractivity contribution is 5.78. The third-order valence-corrected chi connectivity index (χ3v) is 2.13. The lowest BCUT2D eigenvalue weighted by Gasteiger charge is -2.18. The minimum absolute atomic E-state index is 0.262. The fraction of sp³-hybridized carbons (Fsp3) is 0.857. The fourth-order valence-corrected chi connectivity index (χ4v) is 1.39. The van der Waals surface area contributed by atoms with Gasteiger partial charge >= 0.3 is 0 Å². The van der Waals surface area contributed by atoms with Crippen LogP contribution in [-0.4, -0.2) is 30.4 Å². The second kappa shape index (κ2) is 3.01. The molecule has 0 saturated carbocycles. The summed E-state index contributed by atoms with van der Waals surface area (Å²) < 4.78 is 0. The second-order valence-electron chi connectivity index (χ2n) is 2.77. The van der Waals surface area contributed by atoms with E-state index in [1.165, 1.54) is 0 Å².